The SMILES string of the molecule is Cc1cc(Oc2ccccc2CO)ccc1CN. The second kappa shape index (κ2) is 5.67. The van der Waals surface area contributed by atoms with Crippen LogP contribution in [0.2, 0.25) is 0 Å². The van der Waals surface area contributed by atoms with Crippen molar-refractivity contribution in [3.05, 3.63) is 59.2 Å². The summed E-state index contributed by atoms with van der Waals surface area (Å²) in [6.07, 6.45) is 0. The number of benzene rings is 2. The lowest BCUT2D eigenvalue weighted by Gasteiger charge is -2.11. The van der Waals surface area contributed by atoms with Crippen molar-refractivity contribution in [1.29, 1.82) is 0 Å². The Balaban J connectivity index is 2.26. The zero-order chi connectivity index (χ0) is 13.0. The van der Waals surface area contributed by atoms with Gasteiger partial charge in [-0.25, -0.2) is 0 Å². The van der Waals surface area contributed by atoms with Crippen molar-refractivity contribution in [3.63, 3.8) is 0 Å². The third kappa shape index (κ3) is 2.70. The molecule has 0 saturated heterocycles. The number of aliphatic hydroxyl groups excluding tert-OH is 1. The molecule has 3 N–H and O–H groups in total. The van der Waals surface area contributed by atoms with Crippen molar-refractivity contribution in [1.82, 2.24) is 0 Å². The Kier molecular flexibility index (Phi) is 3.97. The molecule has 0 fully saturated rings. The topological polar surface area (TPSA) is 55.5 Å². The quantitative estimate of drug-likeness (QED) is 0.868. The molecule has 0 aromatic heterocycles. The first-order valence-electron chi connectivity index (χ1n) is 5.91. The van der Waals surface area contributed by atoms with Crippen molar-refractivity contribution in [2.45, 2.75) is 20.1 Å². The third-order valence-electron chi connectivity index (χ3n) is 2.90. The van der Waals surface area contributed by atoms with Crippen molar-refractivity contribution >= 4 is 0 Å². The molecule has 0 heterocycles. The van der Waals surface area contributed by atoms with Gasteiger partial charge in [-0.1, -0.05) is 24.3 Å². The van der Waals surface area contributed by atoms with E-state index in [0.717, 1.165) is 22.4 Å². The fraction of sp³-hybridized carbons (Fsp3) is 0.200. The number of aryl methyl sites for hydroxylation is 1. The maximum Gasteiger partial charge on any atom is 0.132 e. The molecular formula is C15H17NO2. The van der Waals surface area contributed by atoms with E-state index in [2.05, 4.69) is 0 Å². The molecule has 0 spiro atoms. The van der Waals surface area contributed by atoms with Crippen LogP contribution in [0, 0.1) is 6.92 Å². The molecule has 0 bridgehead atoms. The minimum Gasteiger partial charge on any atom is -0.457 e. The lowest BCUT2D eigenvalue weighted by atomic mass is 10.1. The van der Waals surface area contributed by atoms with Gasteiger partial charge in [0.25, 0.3) is 0 Å². The first kappa shape index (κ1) is 12.6. The van der Waals surface area contributed by atoms with Gasteiger partial charge in [-0.2, -0.15) is 0 Å². The highest BCUT2D eigenvalue weighted by atomic mass is 16.5. The zero-order valence-corrected chi connectivity index (χ0v) is 10.4. The van der Waals surface area contributed by atoms with Gasteiger partial charge in [0.05, 0.1) is 6.61 Å². The Labute approximate surface area is 107 Å². The van der Waals surface area contributed by atoms with Crippen molar-refractivity contribution < 1.29 is 9.84 Å². The van der Waals surface area contributed by atoms with E-state index in [1.165, 1.54) is 0 Å². The van der Waals surface area contributed by atoms with Crippen LogP contribution in [-0.2, 0) is 13.2 Å². The molecule has 0 aliphatic heterocycles. The molecule has 2 aromatic carbocycles. The molecule has 0 radical (unpaired) electrons. The van der Waals surface area contributed by atoms with Crippen LogP contribution in [0.15, 0.2) is 42.5 Å². The normalized spacial score (nSPS) is 10.4. The van der Waals surface area contributed by atoms with E-state index in [-0.39, 0.29) is 6.61 Å². The number of hydrogen-bond acceptors (Lipinski definition) is 3. The van der Waals surface area contributed by atoms with E-state index in [9.17, 15) is 5.11 Å². The van der Waals surface area contributed by atoms with Crippen molar-refractivity contribution in [3.8, 4) is 11.5 Å². The molecule has 2 rings (SSSR count). The molecule has 0 saturated carbocycles. The van der Waals surface area contributed by atoms with E-state index in [1.54, 1.807) is 0 Å². The summed E-state index contributed by atoms with van der Waals surface area (Å²) in [4.78, 5) is 0. The highest BCUT2D eigenvalue weighted by Crippen LogP contribution is 2.26. The molecule has 2 aromatic rings. The van der Waals surface area contributed by atoms with Crippen LogP contribution in [-0.4, -0.2) is 5.11 Å². The number of rotatable bonds is 4. The van der Waals surface area contributed by atoms with E-state index in [1.807, 2.05) is 49.4 Å². The van der Waals surface area contributed by atoms with Gasteiger partial charge in [-0.15, -0.1) is 0 Å². The van der Waals surface area contributed by atoms with Gasteiger partial charge in [-0.05, 0) is 36.2 Å². The number of aliphatic hydroxyl groups is 1. The second-order valence-corrected chi connectivity index (χ2v) is 4.16. The smallest absolute Gasteiger partial charge is 0.132 e. The first-order chi connectivity index (χ1) is 8.74. The van der Waals surface area contributed by atoms with Crippen LogP contribution in [0.25, 0.3) is 0 Å². The summed E-state index contributed by atoms with van der Waals surface area (Å²) in [6.45, 7) is 2.50. The lowest BCUT2D eigenvalue weighted by molar-refractivity contribution is 0.276. The Morgan fingerprint density at radius 3 is 2.56 bits per heavy atom. The average Bonchev–Trinajstić information content (AvgIpc) is 2.39. The number of hydrogen-bond donors (Lipinski definition) is 2. The molecule has 0 atom stereocenters. The molecule has 94 valence electrons. The average molecular weight is 243 g/mol. The first-order valence-corrected chi connectivity index (χ1v) is 5.91. The zero-order valence-electron chi connectivity index (χ0n) is 10.4. The molecule has 18 heavy (non-hydrogen) atoms. The third-order valence-corrected chi connectivity index (χ3v) is 2.90. The Bertz CT molecular complexity index is 538. The van der Waals surface area contributed by atoms with Crippen LogP contribution >= 0.6 is 0 Å². The van der Waals surface area contributed by atoms with Crippen molar-refractivity contribution in [2.24, 2.45) is 5.73 Å². The lowest BCUT2D eigenvalue weighted by Crippen LogP contribution is -1.99. The predicted octanol–water partition coefficient (Wildman–Crippen LogP) is 2.74. The van der Waals surface area contributed by atoms with Crippen LogP contribution in [0.4, 0.5) is 0 Å². The highest BCUT2D eigenvalue weighted by Gasteiger charge is 2.04. The van der Waals surface area contributed by atoms with Gasteiger partial charge in [0.1, 0.15) is 11.5 Å². The van der Waals surface area contributed by atoms with Gasteiger partial charge in [0.2, 0.25) is 0 Å². The fourth-order valence-corrected chi connectivity index (χ4v) is 1.82. The number of nitrogens with two attached hydrogens (primary N) is 1. The molecule has 0 aliphatic carbocycles. The van der Waals surface area contributed by atoms with Gasteiger partial charge in [0.15, 0.2) is 0 Å². The van der Waals surface area contributed by atoms with Crippen LogP contribution in [0.3, 0.4) is 0 Å². The van der Waals surface area contributed by atoms with Gasteiger partial charge < -0.3 is 15.6 Å². The summed E-state index contributed by atoms with van der Waals surface area (Å²) in [6, 6.07) is 13.3. The Morgan fingerprint density at radius 1 is 1.11 bits per heavy atom. The summed E-state index contributed by atoms with van der Waals surface area (Å²) in [5.74, 6) is 1.44. The summed E-state index contributed by atoms with van der Waals surface area (Å²) in [7, 11) is 0. The highest BCUT2D eigenvalue weighted by molar-refractivity contribution is 5.40. The van der Waals surface area contributed by atoms with Gasteiger partial charge >= 0.3 is 0 Å². The van der Waals surface area contributed by atoms with E-state index < -0.39 is 0 Å². The van der Waals surface area contributed by atoms with Crippen molar-refractivity contribution in [2.75, 3.05) is 0 Å². The van der Waals surface area contributed by atoms with Gasteiger partial charge in [0, 0.05) is 12.1 Å². The summed E-state index contributed by atoms with van der Waals surface area (Å²) in [5, 5.41) is 9.24. The molecular weight excluding hydrogens is 226 g/mol. The Morgan fingerprint density at radius 2 is 1.89 bits per heavy atom. The molecule has 3 heteroatoms. The minimum absolute atomic E-state index is 0.0317. The standard InChI is InChI=1S/C15H17NO2/c1-11-8-14(7-6-12(11)9-16)18-15-5-3-2-4-13(15)10-17/h2-8,17H,9-10,16H2,1H3. The predicted molar refractivity (Wildman–Crippen MR) is 71.5 cm³/mol. The van der Waals surface area contributed by atoms with E-state index in [4.69, 9.17) is 10.5 Å². The summed E-state index contributed by atoms with van der Waals surface area (Å²) < 4.78 is 5.78. The summed E-state index contributed by atoms with van der Waals surface area (Å²) in [5.41, 5.74) is 8.62. The van der Waals surface area contributed by atoms with Crippen LogP contribution in [0.5, 0.6) is 11.5 Å². The number of ether oxygens (including phenoxy) is 1. The molecule has 3 nitrogen and oxygen atoms in total. The van der Waals surface area contributed by atoms with Crippen LogP contribution in [0.1, 0.15) is 16.7 Å². The minimum atomic E-state index is -0.0317. The second-order valence-electron chi connectivity index (χ2n) is 4.16. The monoisotopic (exact) mass is 243 g/mol. The van der Waals surface area contributed by atoms with E-state index in [0.29, 0.717) is 12.3 Å². The maximum absolute atomic E-state index is 9.24. The Hall–Kier alpha value is -1.84. The fourth-order valence-electron chi connectivity index (χ4n) is 1.82. The molecule has 0 aliphatic rings. The van der Waals surface area contributed by atoms with E-state index >= 15 is 0 Å². The van der Waals surface area contributed by atoms with Gasteiger partial charge in [-0.3, -0.25) is 0 Å². The molecule has 0 unspecified atom stereocenters. The largest absolute Gasteiger partial charge is 0.457 e. The number of para-hydroxylation sites is 1. The summed E-state index contributed by atoms with van der Waals surface area (Å²) >= 11 is 0. The molecule has 0 amide bonds. The maximum atomic E-state index is 9.24. The van der Waals surface area contributed by atoms with Crippen LogP contribution < -0.4 is 10.5 Å².